The zero-order valence-electron chi connectivity index (χ0n) is 14.1. The van der Waals surface area contributed by atoms with Gasteiger partial charge in [-0.05, 0) is 12.8 Å². The summed E-state index contributed by atoms with van der Waals surface area (Å²) in [7, 11) is 0. The lowest BCUT2D eigenvalue weighted by atomic mass is 9.96. The lowest BCUT2D eigenvalue weighted by Gasteiger charge is -2.30. The second kappa shape index (κ2) is 7.77. The third kappa shape index (κ3) is 4.05. The molecule has 8 heteroatoms. The Morgan fingerprint density at radius 3 is 2.71 bits per heavy atom. The lowest BCUT2D eigenvalue weighted by molar-refractivity contribution is -0.129. The Morgan fingerprint density at radius 1 is 1.38 bits per heavy atom. The van der Waals surface area contributed by atoms with Gasteiger partial charge in [0.05, 0.1) is 25.3 Å². The van der Waals surface area contributed by atoms with E-state index in [2.05, 4.69) is 9.88 Å². The van der Waals surface area contributed by atoms with Gasteiger partial charge in [0.15, 0.2) is 5.13 Å². The minimum atomic E-state index is 0.102. The van der Waals surface area contributed by atoms with Gasteiger partial charge in [0.1, 0.15) is 0 Å². The average Bonchev–Trinajstić information content (AvgIpc) is 3.11. The van der Waals surface area contributed by atoms with Gasteiger partial charge in [-0.15, -0.1) is 11.3 Å². The first-order valence-corrected chi connectivity index (χ1v) is 9.29. The molecule has 2 atom stereocenters. The molecule has 0 bridgehead atoms. The van der Waals surface area contributed by atoms with Crippen LogP contribution in [0.3, 0.4) is 0 Å². The molecule has 0 aliphatic carbocycles. The summed E-state index contributed by atoms with van der Waals surface area (Å²) in [5, 5.41) is 10.2. The van der Waals surface area contributed by atoms with Crippen molar-refractivity contribution in [1.82, 2.24) is 14.8 Å². The highest BCUT2D eigenvalue weighted by Crippen LogP contribution is 2.27. The largest absolute Gasteiger partial charge is 0.396 e. The molecule has 1 aromatic heterocycles. The number of rotatable bonds is 5. The summed E-state index contributed by atoms with van der Waals surface area (Å²) in [5.41, 5.74) is 6.55. The smallest absolute Gasteiger partial charge is 0.227 e. The van der Waals surface area contributed by atoms with Crippen LogP contribution in [0.2, 0.25) is 0 Å². The number of hydrogen-bond donors (Lipinski definition) is 2. The Balaban J connectivity index is 1.58. The molecule has 24 heavy (non-hydrogen) atoms. The fraction of sp³-hybridized carbons (Fsp3) is 0.750. The lowest BCUT2D eigenvalue weighted by Crippen LogP contribution is -2.41. The highest BCUT2D eigenvalue weighted by Gasteiger charge is 2.36. The fourth-order valence-electron chi connectivity index (χ4n) is 3.54. The van der Waals surface area contributed by atoms with Gasteiger partial charge < -0.3 is 20.5 Å². The van der Waals surface area contributed by atoms with Crippen molar-refractivity contribution in [2.45, 2.75) is 13.3 Å². The van der Waals surface area contributed by atoms with Crippen LogP contribution < -0.4 is 5.73 Å². The number of likely N-dealkylation sites (tertiary alicyclic amines) is 1. The van der Waals surface area contributed by atoms with E-state index in [1.54, 1.807) is 0 Å². The van der Waals surface area contributed by atoms with E-state index in [1.165, 1.54) is 11.3 Å². The van der Waals surface area contributed by atoms with Crippen LogP contribution in [0.25, 0.3) is 0 Å². The standard InChI is InChI=1S/C16H26N4O3S/c1-11-14(24-16(17)18-11)6-15(22)20-8-12(13(9-20)10-21)7-19-2-4-23-5-3-19/h12-13,21H,2-10H2,1H3,(H2,17,18)/t12-,13-/m1/s1. The minimum absolute atomic E-state index is 0.102. The maximum atomic E-state index is 12.6. The monoisotopic (exact) mass is 354 g/mol. The van der Waals surface area contributed by atoms with Crippen molar-refractivity contribution in [2.75, 3.05) is 58.3 Å². The number of amides is 1. The molecule has 2 aliphatic rings. The summed E-state index contributed by atoms with van der Waals surface area (Å²) < 4.78 is 5.39. The Bertz CT molecular complexity index is 574. The Morgan fingerprint density at radius 2 is 2.08 bits per heavy atom. The average molecular weight is 354 g/mol. The first-order chi connectivity index (χ1) is 11.6. The number of thiazole rings is 1. The molecule has 7 nitrogen and oxygen atoms in total. The van der Waals surface area contributed by atoms with E-state index in [-0.39, 0.29) is 18.4 Å². The van der Waals surface area contributed by atoms with E-state index >= 15 is 0 Å². The molecule has 0 saturated carbocycles. The molecule has 3 N–H and O–H groups in total. The van der Waals surface area contributed by atoms with Crippen molar-refractivity contribution < 1.29 is 14.6 Å². The summed E-state index contributed by atoms with van der Waals surface area (Å²) in [6, 6.07) is 0. The number of morpholine rings is 1. The van der Waals surface area contributed by atoms with Gasteiger partial charge in [0.2, 0.25) is 5.91 Å². The van der Waals surface area contributed by atoms with Crippen LogP contribution in [0, 0.1) is 18.8 Å². The van der Waals surface area contributed by atoms with Gasteiger partial charge in [-0.25, -0.2) is 4.98 Å². The number of aliphatic hydroxyl groups excluding tert-OH is 1. The summed E-state index contributed by atoms with van der Waals surface area (Å²) in [6.07, 6.45) is 0.350. The minimum Gasteiger partial charge on any atom is -0.396 e. The van der Waals surface area contributed by atoms with Crippen LogP contribution in [0.5, 0.6) is 0 Å². The zero-order valence-corrected chi connectivity index (χ0v) is 14.9. The van der Waals surface area contributed by atoms with Gasteiger partial charge in [-0.1, -0.05) is 0 Å². The number of hydrogen-bond acceptors (Lipinski definition) is 7. The number of aromatic nitrogens is 1. The van der Waals surface area contributed by atoms with Gasteiger partial charge in [-0.3, -0.25) is 9.69 Å². The molecule has 0 radical (unpaired) electrons. The summed E-state index contributed by atoms with van der Waals surface area (Å²) in [6.45, 7) is 7.69. The second-order valence-electron chi connectivity index (χ2n) is 6.65. The highest BCUT2D eigenvalue weighted by atomic mass is 32.1. The van der Waals surface area contributed by atoms with E-state index in [0.29, 0.717) is 24.0 Å². The van der Waals surface area contributed by atoms with Crippen molar-refractivity contribution in [3.05, 3.63) is 10.6 Å². The predicted molar refractivity (Wildman–Crippen MR) is 92.9 cm³/mol. The number of carbonyl (C=O) groups excluding carboxylic acids is 1. The van der Waals surface area contributed by atoms with Gasteiger partial charge in [0.25, 0.3) is 0 Å². The van der Waals surface area contributed by atoms with Crippen molar-refractivity contribution in [2.24, 2.45) is 11.8 Å². The third-order valence-electron chi connectivity index (χ3n) is 4.98. The van der Waals surface area contributed by atoms with Crippen molar-refractivity contribution in [1.29, 1.82) is 0 Å². The summed E-state index contributed by atoms with van der Waals surface area (Å²) >= 11 is 1.38. The number of nitrogens with zero attached hydrogens (tertiary/aromatic N) is 3. The Labute approximate surface area is 146 Å². The number of anilines is 1. The molecule has 3 rings (SSSR count). The quantitative estimate of drug-likeness (QED) is 0.772. The number of aryl methyl sites for hydroxylation is 1. The van der Waals surface area contributed by atoms with E-state index in [0.717, 1.165) is 50.0 Å². The number of nitrogen functional groups attached to an aromatic ring is 1. The van der Waals surface area contributed by atoms with Crippen LogP contribution in [-0.4, -0.2) is 78.3 Å². The van der Waals surface area contributed by atoms with Crippen molar-refractivity contribution in [3.8, 4) is 0 Å². The zero-order chi connectivity index (χ0) is 17.1. The fourth-order valence-corrected chi connectivity index (χ4v) is 4.36. The van der Waals surface area contributed by atoms with Gasteiger partial charge >= 0.3 is 0 Å². The second-order valence-corrected chi connectivity index (χ2v) is 7.77. The van der Waals surface area contributed by atoms with Crippen LogP contribution in [0.1, 0.15) is 10.6 Å². The molecule has 0 aromatic carbocycles. The van der Waals surface area contributed by atoms with Gasteiger partial charge in [-0.2, -0.15) is 0 Å². The number of nitrogens with two attached hydrogens (primary N) is 1. The molecular formula is C16H26N4O3S. The molecular weight excluding hydrogens is 328 g/mol. The topological polar surface area (TPSA) is 91.9 Å². The number of ether oxygens (including phenoxy) is 1. The maximum absolute atomic E-state index is 12.6. The highest BCUT2D eigenvalue weighted by molar-refractivity contribution is 7.15. The third-order valence-corrected chi connectivity index (χ3v) is 5.97. The molecule has 1 aromatic rings. The molecule has 3 heterocycles. The van der Waals surface area contributed by atoms with Gasteiger partial charge in [0, 0.05) is 50.1 Å². The van der Waals surface area contributed by atoms with E-state index in [1.807, 2.05) is 11.8 Å². The SMILES string of the molecule is Cc1nc(N)sc1CC(=O)N1C[C@@H](CN2CCOCC2)[C@@H](CO)C1. The van der Waals surface area contributed by atoms with Crippen LogP contribution in [-0.2, 0) is 16.0 Å². The van der Waals surface area contributed by atoms with Crippen LogP contribution in [0.4, 0.5) is 5.13 Å². The first kappa shape index (κ1) is 17.6. The molecule has 2 fully saturated rings. The van der Waals surface area contributed by atoms with E-state index in [4.69, 9.17) is 10.5 Å². The maximum Gasteiger partial charge on any atom is 0.227 e. The van der Waals surface area contributed by atoms with E-state index < -0.39 is 0 Å². The molecule has 0 spiro atoms. The summed E-state index contributed by atoms with van der Waals surface area (Å²) in [5.74, 6) is 0.582. The number of carbonyl (C=O) groups is 1. The molecule has 0 unspecified atom stereocenters. The normalized spacial score (nSPS) is 25.3. The van der Waals surface area contributed by atoms with E-state index in [9.17, 15) is 9.90 Å². The molecule has 2 saturated heterocycles. The first-order valence-electron chi connectivity index (χ1n) is 8.47. The van der Waals surface area contributed by atoms with Crippen LogP contribution >= 0.6 is 11.3 Å². The Kier molecular flexibility index (Phi) is 5.70. The van der Waals surface area contributed by atoms with Crippen molar-refractivity contribution in [3.63, 3.8) is 0 Å². The Hall–Kier alpha value is -1.22. The van der Waals surface area contributed by atoms with Crippen LogP contribution in [0.15, 0.2) is 0 Å². The molecule has 134 valence electrons. The number of aliphatic hydroxyl groups is 1. The summed E-state index contributed by atoms with van der Waals surface area (Å²) in [4.78, 5) is 22.0. The molecule has 2 aliphatic heterocycles. The van der Waals surface area contributed by atoms with Crippen molar-refractivity contribution >= 4 is 22.4 Å². The molecule has 1 amide bonds. The predicted octanol–water partition coefficient (Wildman–Crippen LogP) is -0.0247.